The van der Waals surface area contributed by atoms with Crippen LogP contribution in [0.5, 0.6) is 17.2 Å². The van der Waals surface area contributed by atoms with Gasteiger partial charge in [0.15, 0.2) is 11.5 Å². The minimum atomic E-state index is 0.529. The summed E-state index contributed by atoms with van der Waals surface area (Å²) in [6, 6.07) is 9.19. The first kappa shape index (κ1) is 13.9. The van der Waals surface area contributed by atoms with Crippen molar-refractivity contribution in [2.45, 2.75) is 0 Å². The van der Waals surface area contributed by atoms with Crippen molar-refractivity contribution < 1.29 is 14.2 Å². The number of methoxy groups -OCH3 is 3. The number of nitrogen functional groups attached to an aromatic ring is 2. The van der Waals surface area contributed by atoms with Crippen molar-refractivity contribution in [1.29, 1.82) is 0 Å². The summed E-state index contributed by atoms with van der Waals surface area (Å²) < 4.78 is 16.0. The van der Waals surface area contributed by atoms with Crippen LogP contribution in [0.25, 0.3) is 11.1 Å². The van der Waals surface area contributed by atoms with Gasteiger partial charge < -0.3 is 25.7 Å². The molecular formula is C15H18N2O3. The first-order chi connectivity index (χ1) is 9.62. The Labute approximate surface area is 118 Å². The van der Waals surface area contributed by atoms with Crippen molar-refractivity contribution in [2.75, 3.05) is 32.8 Å². The number of anilines is 2. The van der Waals surface area contributed by atoms with Gasteiger partial charge >= 0.3 is 0 Å². The summed E-state index contributed by atoms with van der Waals surface area (Å²) in [5, 5.41) is 0. The van der Waals surface area contributed by atoms with Gasteiger partial charge in [-0.2, -0.15) is 0 Å². The molecule has 0 bridgehead atoms. The molecule has 0 atom stereocenters. The third-order valence-corrected chi connectivity index (χ3v) is 3.12. The quantitative estimate of drug-likeness (QED) is 0.837. The summed E-state index contributed by atoms with van der Waals surface area (Å²) >= 11 is 0. The first-order valence-corrected chi connectivity index (χ1v) is 6.06. The van der Waals surface area contributed by atoms with Gasteiger partial charge in [0.05, 0.1) is 32.7 Å². The molecule has 0 aliphatic carbocycles. The molecule has 0 radical (unpaired) electrons. The lowest BCUT2D eigenvalue weighted by molar-refractivity contribution is 0.324. The van der Waals surface area contributed by atoms with Crippen LogP contribution in [0.1, 0.15) is 0 Å². The SMILES string of the molecule is COc1cc(-c2cccc(N)c2N)cc(OC)c1OC. The van der Waals surface area contributed by atoms with Crippen LogP contribution in [0.4, 0.5) is 11.4 Å². The van der Waals surface area contributed by atoms with Gasteiger partial charge in [-0.05, 0) is 23.8 Å². The van der Waals surface area contributed by atoms with Crippen LogP contribution in [0.3, 0.4) is 0 Å². The monoisotopic (exact) mass is 274 g/mol. The number of ether oxygens (including phenoxy) is 3. The Hall–Kier alpha value is -2.56. The zero-order valence-electron chi connectivity index (χ0n) is 11.8. The van der Waals surface area contributed by atoms with E-state index in [2.05, 4.69) is 0 Å². The number of benzene rings is 2. The average Bonchev–Trinajstić information content (AvgIpc) is 2.48. The molecule has 0 saturated heterocycles. The van der Waals surface area contributed by atoms with Gasteiger partial charge in [-0.25, -0.2) is 0 Å². The maximum absolute atomic E-state index is 6.03. The minimum absolute atomic E-state index is 0.529. The standard InChI is InChI=1S/C15H18N2O3/c1-18-12-7-9(8-13(19-2)15(12)20-3)10-5-4-6-11(16)14(10)17/h4-8H,16-17H2,1-3H3. The third-order valence-electron chi connectivity index (χ3n) is 3.12. The van der Waals surface area contributed by atoms with Crippen LogP contribution >= 0.6 is 0 Å². The van der Waals surface area contributed by atoms with Crippen LogP contribution < -0.4 is 25.7 Å². The Kier molecular flexibility index (Phi) is 3.89. The van der Waals surface area contributed by atoms with Crippen molar-refractivity contribution in [2.24, 2.45) is 0 Å². The summed E-state index contributed by atoms with van der Waals surface area (Å²) in [5.41, 5.74) is 14.6. The van der Waals surface area contributed by atoms with Crippen LogP contribution in [0.2, 0.25) is 0 Å². The Balaban J connectivity index is 2.66. The molecule has 0 unspecified atom stereocenters. The number of para-hydroxylation sites is 1. The normalized spacial score (nSPS) is 10.2. The first-order valence-electron chi connectivity index (χ1n) is 6.06. The van der Waals surface area contributed by atoms with E-state index >= 15 is 0 Å². The van der Waals surface area contributed by atoms with E-state index in [1.165, 1.54) is 0 Å². The Morgan fingerprint density at radius 2 is 1.45 bits per heavy atom. The molecule has 0 saturated carbocycles. The molecule has 106 valence electrons. The smallest absolute Gasteiger partial charge is 0.203 e. The molecule has 0 amide bonds. The Bertz CT molecular complexity index is 602. The number of nitrogens with two attached hydrogens (primary N) is 2. The van der Waals surface area contributed by atoms with Gasteiger partial charge in [-0.3, -0.25) is 0 Å². The van der Waals surface area contributed by atoms with Crippen molar-refractivity contribution in [1.82, 2.24) is 0 Å². The fraction of sp³-hybridized carbons (Fsp3) is 0.200. The van der Waals surface area contributed by atoms with Crippen LogP contribution in [0.15, 0.2) is 30.3 Å². The van der Waals surface area contributed by atoms with Crippen molar-refractivity contribution >= 4 is 11.4 Å². The van der Waals surface area contributed by atoms with Gasteiger partial charge in [0, 0.05) is 5.56 Å². The molecular weight excluding hydrogens is 256 g/mol. The second-order valence-corrected chi connectivity index (χ2v) is 4.22. The molecule has 0 aromatic heterocycles. The lowest BCUT2D eigenvalue weighted by Crippen LogP contribution is -1.99. The highest BCUT2D eigenvalue weighted by atomic mass is 16.5. The van der Waals surface area contributed by atoms with Gasteiger partial charge in [0.2, 0.25) is 5.75 Å². The lowest BCUT2D eigenvalue weighted by atomic mass is 10.0. The molecule has 20 heavy (non-hydrogen) atoms. The molecule has 2 aromatic rings. The highest BCUT2D eigenvalue weighted by Crippen LogP contribution is 2.42. The van der Waals surface area contributed by atoms with E-state index in [1.54, 1.807) is 27.4 Å². The molecule has 5 heteroatoms. The minimum Gasteiger partial charge on any atom is -0.493 e. The maximum atomic E-state index is 6.03. The predicted molar refractivity (Wildman–Crippen MR) is 80.4 cm³/mol. The van der Waals surface area contributed by atoms with Crippen LogP contribution in [0, 0.1) is 0 Å². The summed E-state index contributed by atoms with van der Waals surface area (Å²) in [7, 11) is 4.71. The summed E-state index contributed by atoms with van der Waals surface area (Å²) in [6.07, 6.45) is 0. The predicted octanol–water partition coefficient (Wildman–Crippen LogP) is 2.54. The van der Waals surface area contributed by atoms with E-state index in [1.807, 2.05) is 24.3 Å². The van der Waals surface area contributed by atoms with Crippen LogP contribution in [-0.2, 0) is 0 Å². The largest absolute Gasteiger partial charge is 0.493 e. The molecule has 0 aliphatic heterocycles. The molecule has 2 aromatic carbocycles. The molecule has 0 fully saturated rings. The molecule has 0 spiro atoms. The fourth-order valence-corrected chi connectivity index (χ4v) is 2.07. The molecule has 5 nitrogen and oxygen atoms in total. The maximum Gasteiger partial charge on any atom is 0.203 e. The summed E-state index contributed by atoms with van der Waals surface area (Å²) in [6.45, 7) is 0. The Morgan fingerprint density at radius 3 is 1.95 bits per heavy atom. The van der Waals surface area contributed by atoms with E-state index in [0.29, 0.717) is 28.6 Å². The van der Waals surface area contributed by atoms with E-state index in [-0.39, 0.29) is 0 Å². The summed E-state index contributed by atoms with van der Waals surface area (Å²) in [4.78, 5) is 0. The van der Waals surface area contributed by atoms with Gasteiger partial charge in [-0.1, -0.05) is 12.1 Å². The molecule has 4 N–H and O–H groups in total. The number of rotatable bonds is 4. The van der Waals surface area contributed by atoms with Gasteiger partial charge in [-0.15, -0.1) is 0 Å². The van der Waals surface area contributed by atoms with Crippen molar-refractivity contribution in [3.05, 3.63) is 30.3 Å². The van der Waals surface area contributed by atoms with Crippen molar-refractivity contribution in [3.8, 4) is 28.4 Å². The van der Waals surface area contributed by atoms with Gasteiger partial charge in [0.1, 0.15) is 0 Å². The summed E-state index contributed by atoms with van der Waals surface area (Å²) in [5.74, 6) is 1.69. The van der Waals surface area contributed by atoms with Gasteiger partial charge in [0.25, 0.3) is 0 Å². The average molecular weight is 274 g/mol. The third kappa shape index (κ3) is 2.30. The highest BCUT2D eigenvalue weighted by molar-refractivity contribution is 5.86. The second kappa shape index (κ2) is 5.61. The second-order valence-electron chi connectivity index (χ2n) is 4.22. The van der Waals surface area contributed by atoms with E-state index < -0.39 is 0 Å². The Morgan fingerprint density at radius 1 is 0.850 bits per heavy atom. The van der Waals surface area contributed by atoms with E-state index in [4.69, 9.17) is 25.7 Å². The lowest BCUT2D eigenvalue weighted by Gasteiger charge is -2.15. The zero-order valence-corrected chi connectivity index (χ0v) is 11.8. The van der Waals surface area contributed by atoms with Crippen molar-refractivity contribution in [3.63, 3.8) is 0 Å². The molecule has 2 rings (SSSR count). The molecule has 0 aliphatic rings. The topological polar surface area (TPSA) is 79.7 Å². The number of hydrogen-bond acceptors (Lipinski definition) is 5. The number of hydrogen-bond donors (Lipinski definition) is 2. The van der Waals surface area contributed by atoms with Crippen LogP contribution in [-0.4, -0.2) is 21.3 Å². The molecule has 0 heterocycles. The van der Waals surface area contributed by atoms with E-state index in [0.717, 1.165) is 11.1 Å². The van der Waals surface area contributed by atoms with E-state index in [9.17, 15) is 0 Å². The zero-order chi connectivity index (χ0) is 14.7. The fourth-order valence-electron chi connectivity index (χ4n) is 2.07. The highest BCUT2D eigenvalue weighted by Gasteiger charge is 2.15.